The van der Waals surface area contributed by atoms with Crippen LogP contribution in [0.1, 0.15) is 34.1 Å². The first-order chi connectivity index (χ1) is 11.7. The standard InChI is InChI=1S/C19H19N3O2/c1-3-15-13-20-18(19(23)24-2)12-16(15)11-14-5-7-17(8-6-14)22-10-4-9-21-22/h4-10,12-13H,3,11H2,1-2H3. The SMILES string of the molecule is CCc1cnc(C(=O)OC)cc1Cc1ccc(-n2cccn2)cc1. The van der Waals surface area contributed by atoms with Gasteiger partial charge in [0.25, 0.3) is 0 Å². The summed E-state index contributed by atoms with van der Waals surface area (Å²) in [6.07, 6.45) is 7.05. The zero-order valence-electron chi connectivity index (χ0n) is 13.8. The summed E-state index contributed by atoms with van der Waals surface area (Å²) in [5.74, 6) is -0.409. The van der Waals surface area contributed by atoms with Crippen molar-refractivity contribution in [2.75, 3.05) is 7.11 Å². The van der Waals surface area contributed by atoms with Crippen LogP contribution in [-0.2, 0) is 17.6 Å². The first kappa shape index (κ1) is 15.9. The molecule has 0 saturated carbocycles. The van der Waals surface area contributed by atoms with Crippen LogP contribution >= 0.6 is 0 Å². The van der Waals surface area contributed by atoms with Crippen LogP contribution < -0.4 is 0 Å². The molecular formula is C19H19N3O2. The van der Waals surface area contributed by atoms with Gasteiger partial charge in [0.1, 0.15) is 5.69 Å². The van der Waals surface area contributed by atoms with E-state index in [9.17, 15) is 4.79 Å². The Balaban J connectivity index is 1.85. The molecule has 1 aromatic carbocycles. The maximum Gasteiger partial charge on any atom is 0.356 e. The molecule has 0 radical (unpaired) electrons. The number of methoxy groups -OCH3 is 1. The highest BCUT2D eigenvalue weighted by atomic mass is 16.5. The molecule has 0 saturated heterocycles. The molecule has 0 aliphatic carbocycles. The Morgan fingerprint density at radius 3 is 2.62 bits per heavy atom. The minimum atomic E-state index is -0.409. The maximum absolute atomic E-state index is 11.7. The Bertz CT molecular complexity index is 824. The van der Waals surface area contributed by atoms with Gasteiger partial charge < -0.3 is 4.74 Å². The molecule has 0 atom stereocenters. The molecule has 5 heteroatoms. The fourth-order valence-electron chi connectivity index (χ4n) is 2.63. The predicted molar refractivity (Wildman–Crippen MR) is 91.3 cm³/mol. The lowest BCUT2D eigenvalue weighted by Gasteiger charge is -2.10. The summed E-state index contributed by atoms with van der Waals surface area (Å²) in [5, 5.41) is 4.22. The van der Waals surface area contributed by atoms with Gasteiger partial charge in [-0.05, 0) is 53.8 Å². The van der Waals surface area contributed by atoms with Crippen LogP contribution in [0.5, 0.6) is 0 Å². The highest BCUT2D eigenvalue weighted by Crippen LogP contribution is 2.18. The summed E-state index contributed by atoms with van der Waals surface area (Å²) >= 11 is 0. The van der Waals surface area contributed by atoms with E-state index in [-0.39, 0.29) is 0 Å². The van der Waals surface area contributed by atoms with Crippen molar-refractivity contribution in [3.05, 3.63) is 77.4 Å². The summed E-state index contributed by atoms with van der Waals surface area (Å²) in [6, 6.07) is 12.0. The Morgan fingerprint density at radius 2 is 2.00 bits per heavy atom. The highest BCUT2D eigenvalue weighted by molar-refractivity contribution is 5.87. The molecule has 0 spiro atoms. The lowest BCUT2D eigenvalue weighted by molar-refractivity contribution is 0.0594. The monoisotopic (exact) mass is 321 g/mol. The van der Waals surface area contributed by atoms with Crippen LogP contribution in [-0.4, -0.2) is 27.8 Å². The van der Waals surface area contributed by atoms with Crippen LogP contribution in [0.2, 0.25) is 0 Å². The number of carbonyl (C=O) groups is 1. The van der Waals surface area contributed by atoms with Crippen molar-refractivity contribution >= 4 is 5.97 Å². The summed E-state index contributed by atoms with van der Waals surface area (Å²) < 4.78 is 6.58. The number of esters is 1. The first-order valence-corrected chi connectivity index (χ1v) is 7.86. The predicted octanol–water partition coefficient (Wildman–Crippen LogP) is 3.21. The minimum Gasteiger partial charge on any atom is -0.464 e. The molecular weight excluding hydrogens is 302 g/mol. The van der Waals surface area contributed by atoms with E-state index >= 15 is 0 Å². The fourth-order valence-corrected chi connectivity index (χ4v) is 2.63. The zero-order valence-corrected chi connectivity index (χ0v) is 13.8. The van der Waals surface area contributed by atoms with Crippen molar-refractivity contribution in [3.63, 3.8) is 0 Å². The van der Waals surface area contributed by atoms with Gasteiger partial charge >= 0.3 is 5.97 Å². The first-order valence-electron chi connectivity index (χ1n) is 7.86. The number of hydrogen-bond donors (Lipinski definition) is 0. The van der Waals surface area contributed by atoms with Crippen molar-refractivity contribution in [3.8, 4) is 5.69 Å². The maximum atomic E-state index is 11.7. The number of ether oxygens (including phenoxy) is 1. The van der Waals surface area contributed by atoms with Crippen LogP contribution in [0.4, 0.5) is 0 Å². The lowest BCUT2D eigenvalue weighted by Crippen LogP contribution is -2.07. The number of rotatable bonds is 5. The molecule has 0 unspecified atom stereocenters. The van der Waals surface area contributed by atoms with Crippen molar-refractivity contribution in [2.45, 2.75) is 19.8 Å². The number of aryl methyl sites for hydroxylation is 1. The molecule has 0 aliphatic heterocycles. The highest BCUT2D eigenvalue weighted by Gasteiger charge is 2.11. The number of benzene rings is 1. The third-order valence-corrected chi connectivity index (χ3v) is 3.96. The smallest absolute Gasteiger partial charge is 0.356 e. The summed E-state index contributed by atoms with van der Waals surface area (Å²) in [6.45, 7) is 2.08. The van der Waals surface area contributed by atoms with E-state index in [1.807, 2.05) is 35.1 Å². The summed E-state index contributed by atoms with van der Waals surface area (Å²) in [7, 11) is 1.37. The van der Waals surface area contributed by atoms with Gasteiger partial charge in [0.2, 0.25) is 0 Å². The van der Waals surface area contributed by atoms with Gasteiger partial charge in [0.05, 0.1) is 12.8 Å². The minimum absolute atomic E-state index is 0.345. The zero-order chi connectivity index (χ0) is 16.9. The molecule has 3 rings (SSSR count). The van der Waals surface area contributed by atoms with Gasteiger partial charge in [0, 0.05) is 18.6 Å². The molecule has 5 nitrogen and oxygen atoms in total. The molecule has 122 valence electrons. The molecule has 0 N–H and O–H groups in total. The van der Waals surface area contributed by atoms with E-state index in [0.29, 0.717) is 5.69 Å². The fraction of sp³-hybridized carbons (Fsp3) is 0.211. The second-order valence-corrected chi connectivity index (χ2v) is 5.48. The van der Waals surface area contributed by atoms with Gasteiger partial charge in [-0.25, -0.2) is 14.5 Å². The number of carbonyl (C=O) groups excluding carboxylic acids is 1. The average Bonchev–Trinajstić information content (AvgIpc) is 3.16. The third-order valence-electron chi connectivity index (χ3n) is 3.96. The van der Waals surface area contributed by atoms with Crippen LogP contribution in [0.15, 0.2) is 55.0 Å². The van der Waals surface area contributed by atoms with Crippen LogP contribution in [0, 0.1) is 0 Å². The second-order valence-electron chi connectivity index (χ2n) is 5.48. The van der Waals surface area contributed by atoms with E-state index < -0.39 is 5.97 Å². The van der Waals surface area contributed by atoms with Crippen molar-refractivity contribution < 1.29 is 9.53 Å². The van der Waals surface area contributed by atoms with Gasteiger partial charge in [-0.1, -0.05) is 19.1 Å². The summed E-state index contributed by atoms with van der Waals surface area (Å²) in [5.41, 5.74) is 4.77. The number of nitrogens with zero attached hydrogens (tertiary/aromatic N) is 3. The lowest BCUT2D eigenvalue weighted by atomic mass is 9.99. The largest absolute Gasteiger partial charge is 0.464 e. The summed E-state index contributed by atoms with van der Waals surface area (Å²) in [4.78, 5) is 15.9. The van der Waals surface area contributed by atoms with Gasteiger partial charge in [-0.15, -0.1) is 0 Å². The van der Waals surface area contributed by atoms with Crippen molar-refractivity contribution in [2.24, 2.45) is 0 Å². The molecule has 0 amide bonds. The van der Waals surface area contributed by atoms with Crippen LogP contribution in [0.25, 0.3) is 5.69 Å². The topological polar surface area (TPSA) is 57.0 Å². The van der Waals surface area contributed by atoms with E-state index in [1.54, 1.807) is 12.4 Å². The third kappa shape index (κ3) is 3.35. The van der Waals surface area contributed by atoms with Gasteiger partial charge in [-0.3, -0.25) is 0 Å². The Hall–Kier alpha value is -2.95. The normalized spacial score (nSPS) is 10.6. The Kier molecular flexibility index (Phi) is 4.70. The van der Waals surface area contributed by atoms with E-state index in [4.69, 9.17) is 4.74 Å². The number of hydrogen-bond acceptors (Lipinski definition) is 4. The second kappa shape index (κ2) is 7.08. The molecule has 0 aliphatic rings. The Labute approximate surface area is 140 Å². The number of pyridine rings is 1. The number of aromatic nitrogens is 3. The van der Waals surface area contributed by atoms with E-state index in [2.05, 4.69) is 29.1 Å². The quantitative estimate of drug-likeness (QED) is 0.677. The van der Waals surface area contributed by atoms with Crippen LogP contribution in [0.3, 0.4) is 0 Å². The van der Waals surface area contributed by atoms with Gasteiger partial charge in [0.15, 0.2) is 0 Å². The van der Waals surface area contributed by atoms with E-state index in [1.165, 1.54) is 12.7 Å². The van der Waals surface area contributed by atoms with Crippen molar-refractivity contribution in [1.82, 2.24) is 14.8 Å². The molecule has 24 heavy (non-hydrogen) atoms. The van der Waals surface area contributed by atoms with Gasteiger partial charge in [-0.2, -0.15) is 5.10 Å². The average molecular weight is 321 g/mol. The van der Waals surface area contributed by atoms with E-state index in [0.717, 1.165) is 29.7 Å². The molecule has 0 fully saturated rings. The molecule has 0 bridgehead atoms. The van der Waals surface area contributed by atoms with Crippen molar-refractivity contribution in [1.29, 1.82) is 0 Å². The molecule has 2 heterocycles. The molecule has 3 aromatic rings. The Morgan fingerprint density at radius 1 is 1.21 bits per heavy atom. The molecule has 2 aromatic heterocycles.